The summed E-state index contributed by atoms with van der Waals surface area (Å²) < 4.78 is 34.6. The first kappa shape index (κ1) is 9.71. The summed E-state index contributed by atoms with van der Waals surface area (Å²) in [6, 6.07) is 0. The van der Waals surface area contributed by atoms with Crippen molar-refractivity contribution in [3.05, 3.63) is 0 Å². The maximum atomic E-state index is 11.5. The van der Waals surface area contributed by atoms with Gasteiger partial charge in [-0.1, -0.05) is 0 Å². The highest BCUT2D eigenvalue weighted by atomic mass is 19.4. The molecule has 0 unspecified atom stereocenters. The molecule has 5 heteroatoms. The van der Waals surface area contributed by atoms with Crippen molar-refractivity contribution >= 4 is 0 Å². The van der Waals surface area contributed by atoms with Gasteiger partial charge in [-0.2, -0.15) is 13.2 Å². The van der Waals surface area contributed by atoms with Crippen LogP contribution in [0.25, 0.3) is 0 Å². The standard InChI is InChI=1S/C5H11F3N2/c1-10(3-2-9)4-5(6,7)8/h2-4,9H2,1H3. The summed E-state index contributed by atoms with van der Waals surface area (Å²) in [5.41, 5.74) is 5.04. The molecule has 0 aromatic carbocycles. The lowest BCUT2D eigenvalue weighted by molar-refractivity contribution is -0.142. The van der Waals surface area contributed by atoms with E-state index in [9.17, 15) is 13.2 Å². The van der Waals surface area contributed by atoms with Gasteiger partial charge in [0.15, 0.2) is 0 Å². The fraction of sp³-hybridized carbons (Fsp3) is 1.00. The van der Waals surface area contributed by atoms with E-state index in [1.807, 2.05) is 0 Å². The zero-order valence-electron chi connectivity index (χ0n) is 5.78. The topological polar surface area (TPSA) is 29.3 Å². The zero-order valence-corrected chi connectivity index (χ0v) is 5.78. The molecule has 0 saturated heterocycles. The zero-order chi connectivity index (χ0) is 8.20. The minimum atomic E-state index is -4.11. The van der Waals surface area contributed by atoms with Gasteiger partial charge in [0, 0.05) is 13.1 Å². The molecular weight excluding hydrogens is 145 g/mol. The summed E-state index contributed by atoms with van der Waals surface area (Å²) in [5, 5.41) is 0. The lowest BCUT2D eigenvalue weighted by Crippen LogP contribution is -2.34. The van der Waals surface area contributed by atoms with Crippen LogP contribution >= 0.6 is 0 Å². The fourth-order valence-corrected chi connectivity index (χ4v) is 0.606. The van der Waals surface area contributed by atoms with Crippen LogP contribution in [0, 0.1) is 0 Å². The highest BCUT2D eigenvalue weighted by Crippen LogP contribution is 2.14. The van der Waals surface area contributed by atoms with Crippen LogP contribution in [0.2, 0.25) is 0 Å². The second kappa shape index (κ2) is 3.78. The first-order chi connectivity index (χ1) is 4.45. The Labute approximate surface area is 57.8 Å². The number of alkyl halides is 3. The first-order valence-electron chi connectivity index (χ1n) is 2.91. The van der Waals surface area contributed by atoms with E-state index in [4.69, 9.17) is 5.73 Å². The number of likely N-dealkylation sites (N-methyl/N-ethyl adjacent to an activating group) is 1. The van der Waals surface area contributed by atoms with Crippen LogP contribution in [-0.4, -0.2) is 37.8 Å². The Kier molecular flexibility index (Phi) is 3.67. The van der Waals surface area contributed by atoms with E-state index in [-0.39, 0.29) is 13.1 Å². The van der Waals surface area contributed by atoms with Crippen LogP contribution in [0.15, 0.2) is 0 Å². The molecule has 0 bridgehead atoms. The average Bonchev–Trinajstić information content (AvgIpc) is 1.59. The lowest BCUT2D eigenvalue weighted by Gasteiger charge is -2.16. The highest BCUT2D eigenvalue weighted by Gasteiger charge is 2.28. The first-order valence-corrected chi connectivity index (χ1v) is 2.91. The van der Waals surface area contributed by atoms with E-state index < -0.39 is 12.7 Å². The molecule has 10 heavy (non-hydrogen) atoms. The van der Waals surface area contributed by atoms with Crippen molar-refractivity contribution in [2.24, 2.45) is 5.73 Å². The molecule has 0 aromatic rings. The van der Waals surface area contributed by atoms with Crippen molar-refractivity contribution in [3.63, 3.8) is 0 Å². The van der Waals surface area contributed by atoms with Crippen LogP contribution in [0.3, 0.4) is 0 Å². The van der Waals surface area contributed by atoms with Gasteiger partial charge in [0.05, 0.1) is 6.54 Å². The van der Waals surface area contributed by atoms with Gasteiger partial charge in [-0.05, 0) is 7.05 Å². The van der Waals surface area contributed by atoms with Gasteiger partial charge in [0.1, 0.15) is 0 Å². The number of nitrogens with zero attached hydrogens (tertiary/aromatic N) is 1. The van der Waals surface area contributed by atoms with Crippen molar-refractivity contribution in [1.82, 2.24) is 4.90 Å². The van der Waals surface area contributed by atoms with E-state index in [2.05, 4.69) is 0 Å². The number of nitrogens with two attached hydrogens (primary N) is 1. The van der Waals surface area contributed by atoms with Crippen molar-refractivity contribution < 1.29 is 13.2 Å². The summed E-state index contributed by atoms with van der Waals surface area (Å²) in [4.78, 5) is 1.14. The Hall–Kier alpha value is -0.290. The van der Waals surface area contributed by atoms with Gasteiger partial charge >= 0.3 is 6.18 Å². The molecule has 0 aliphatic carbocycles. The van der Waals surface area contributed by atoms with E-state index in [0.717, 1.165) is 4.90 Å². The quantitative estimate of drug-likeness (QED) is 0.642. The molecule has 62 valence electrons. The SMILES string of the molecule is CN(CCN)CC(F)(F)F. The Balaban J connectivity index is 3.47. The van der Waals surface area contributed by atoms with Crippen LogP contribution in [0.4, 0.5) is 13.2 Å². The van der Waals surface area contributed by atoms with Gasteiger partial charge in [-0.15, -0.1) is 0 Å². The summed E-state index contributed by atoms with van der Waals surface area (Å²) in [7, 11) is 1.39. The van der Waals surface area contributed by atoms with Crippen LogP contribution in [-0.2, 0) is 0 Å². The minimum Gasteiger partial charge on any atom is -0.329 e. The fourth-order valence-electron chi connectivity index (χ4n) is 0.606. The van der Waals surface area contributed by atoms with Crippen molar-refractivity contribution in [2.45, 2.75) is 6.18 Å². The third-order valence-electron chi connectivity index (χ3n) is 0.960. The maximum Gasteiger partial charge on any atom is 0.401 e. The molecule has 0 aliphatic heterocycles. The molecule has 0 atom stereocenters. The molecule has 0 heterocycles. The molecule has 0 aromatic heterocycles. The van der Waals surface area contributed by atoms with Crippen LogP contribution in [0.5, 0.6) is 0 Å². The average molecular weight is 156 g/mol. The molecule has 0 aliphatic rings. The Morgan fingerprint density at radius 1 is 1.40 bits per heavy atom. The molecule has 0 radical (unpaired) electrons. The smallest absolute Gasteiger partial charge is 0.329 e. The predicted octanol–water partition coefficient (Wildman–Crippen LogP) is 0.439. The maximum absolute atomic E-state index is 11.5. The molecule has 2 N–H and O–H groups in total. The number of hydrogen-bond acceptors (Lipinski definition) is 2. The Bertz CT molecular complexity index is 91.4. The monoisotopic (exact) mass is 156 g/mol. The normalized spacial score (nSPS) is 12.6. The summed E-state index contributed by atoms with van der Waals surface area (Å²) in [5.74, 6) is 0. The highest BCUT2D eigenvalue weighted by molar-refractivity contribution is 4.58. The Morgan fingerprint density at radius 2 is 1.90 bits per heavy atom. The molecule has 0 amide bonds. The van der Waals surface area contributed by atoms with E-state index in [1.165, 1.54) is 7.05 Å². The van der Waals surface area contributed by atoms with Gasteiger partial charge in [0.25, 0.3) is 0 Å². The third-order valence-corrected chi connectivity index (χ3v) is 0.960. The van der Waals surface area contributed by atoms with Crippen molar-refractivity contribution in [1.29, 1.82) is 0 Å². The summed E-state index contributed by atoms with van der Waals surface area (Å²) >= 11 is 0. The lowest BCUT2D eigenvalue weighted by atomic mass is 10.5. The number of rotatable bonds is 3. The second-order valence-corrected chi connectivity index (χ2v) is 2.14. The molecule has 0 saturated carbocycles. The predicted molar refractivity (Wildman–Crippen MR) is 32.6 cm³/mol. The van der Waals surface area contributed by atoms with E-state index in [0.29, 0.717) is 0 Å². The Morgan fingerprint density at radius 3 is 2.20 bits per heavy atom. The molecule has 0 fully saturated rings. The van der Waals surface area contributed by atoms with E-state index in [1.54, 1.807) is 0 Å². The largest absolute Gasteiger partial charge is 0.401 e. The molecular formula is C5H11F3N2. The van der Waals surface area contributed by atoms with E-state index >= 15 is 0 Å². The number of halogens is 3. The number of hydrogen-bond donors (Lipinski definition) is 1. The van der Waals surface area contributed by atoms with Crippen molar-refractivity contribution in [2.75, 3.05) is 26.7 Å². The minimum absolute atomic E-state index is 0.257. The molecule has 0 rings (SSSR count). The second-order valence-electron chi connectivity index (χ2n) is 2.14. The van der Waals surface area contributed by atoms with Gasteiger partial charge < -0.3 is 5.73 Å². The van der Waals surface area contributed by atoms with Gasteiger partial charge in [-0.25, -0.2) is 0 Å². The van der Waals surface area contributed by atoms with Gasteiger partial charge in [0.2, 0.25) is 0 Å². The van der Waals surface area contributed by atoms with Crippen LogP contribution in [0.1, 0.15) is 0 Å². The molecule has 2 nitrogen and oxygen atoms in total. The molecule has 0 spiro atoms. The summed E-state index contributed by atoms with van der Waals surface area (Å²) in [6.45, 7) is -0.351. The van der Waals surface area contributed by atoms with Crippen LogP contribution < -0.4 is 5.73 Å². The summed E-state index contributed by atoms with van der Waals surface area (Å²) in [6.07, 6.45) is -4.11. The third kappa shape index (κ3) is 5.84. The van der Waals surface area contributed by atoms with Gasteiger partial charge in [-0.3, -0.25) is 4.90 Å². The van der Waals surface area contributed by atoms with Crippen molar-refractivity contribution in [3.8, 4) is 0 Å².